The highest BCUT2D eigenvalue weighted by Gasteiger charge is 2.21. The number of pyridine rings is 1. The molecule has 1 unspecified atom stereocenters. The van der Waals surface area contributed by atoms with Crippen LogP contribution in [-0.4, -0.2) is 42.4 Å². The highest BCUT2D eigenvalue weighted by molar-refractivity contribution is 6.02. The Hall–Kier alpha value is -2.14. The number of likely N-dealkylation sites (N-methyl/N-ethyl adjacent to an activating group) is 1. The minimum absolute atomic E-state index is 0.286. The first-order valence-corrected chi connectivity index (χ1v) is 6.60. The van der Waals surface area contributed by atoms with Gasteiger partial charge in [-0.1, -0.05) is 6.07 Å². The topological polar surface area (TPSA) is 62.7 Å². The van der Waals surface area contributed by atoms with E-state index in [4.69, 9.17) is 4.74 Å². The van der Waals surface area contributed by atoms with Crippen molar-refractivity contribution in [3.05, 3.63) is 35.9 Å². The molecule has 20 heavy (non-hydrogen) atoms. The van der Waals surface area contributed by atoms with Crippen molar-refractivity contribution in [3.8, 4) is 0 Å². The molecule has 0 spiro atoms. The predicted octanol–water partition coefficient (Wildman–Crippen LogP) is 2.16. The zero-order valence-electron chi connectivity index (χ0n) is 11.2. The van der Waals surface area contributed by atoms with Gasteiger partial charge in [0.05, 0.1) is 23.7 Å². The van der Waals surface area contributed by atoms with Crippen LogP contribution in [0.3, 0.4) is 0 Å². The number of anilines is 1. The normalized spacial score (nSPS) is 18.4. The van der Waals surface area contributed by atoms with Crippen molar-refractivity contribution in [2.24, 2.45) is 0 Å². The van der Waals surface area contributed by atoms with E-state index in [1.165, 1.54) is 0 Å². The number of benzene rings is 1. The van der Waals surface area contributed by atoms with E-state index >= 15 is 0 Å². The van der Waals surface area contributed by atoms with Crippen LogP contribution >= 0.6 is 0 Å². The van der Waals surface area contributed by atoms with Crippen molar-refractivity contribution >= 4 is 22.7 Å². The number of carboxylic acid groups (broad SMARTS) is 1. The molecule has 1 aliphatic heterocycles. The summed E-state index contributed by atoms with van der Waals surface area (Å²) in [5.74, 6) is -0.0850. The summed E-state index contributed by atoms with van der Waals surface area (Å²) in [5.41, 5.74) is 0.988. The van der Waals surface area contributed by atoms with E-state index in [-0.39, 0.29) is 5.56 Å². The van der Waals surface area contributed by atoms with Crippen LogP contribution in [0, 0.1) is 0 Å². The van der Waals surface area contributed by atoms with Gasteiger partial charge in [0.25, 0.3) is 0 Å². The number of hydrogen-bond acceptors (Lipinski definition) is 4. The SMILES string of the molecule is CN(c1ccc2c(C(=O)O)cccc2n1)C1CCOC1. The molecule has 5 nitrogen and oxygen atoms in total. The summed E-state index contributed by atoms with van der Waals surface area (Å²) >= 11 is 0. The molecule has 0 amide bonds. The van der Waals surface area contributed by atoms with Gasteiger partial charge in [-0.05, 0) is 30.7 Å². The second kappa shape index (κ2) is 5.09. The quantitative estimate of drug-likeness (QED) is 0.927. The van der Waals surface area contributed by atoms with Crippen molar-refractivity contribution in [2.45, 2.75) is 12.5 Å². The first-order chi connectivity index (χ1) is 9.66. The van der Waals surface area contributed by atoms with Gasteiger partial charge in [0.15, 0.2) is 0 Å². The van der Waals surface area contributed by atoms with Crippen molar-refractivity contribution in [3.63, 3.8) is 0 Å². The monoisotopic (exact) mass is 272 g/mol. The fraction of sp³-hybridized carbons (Fsp3) is 0.333. The molecule has 5 heteroatoms. The van der Waals surface area contributed by atoms with Crippen LogP contribution < -0.4 is 4.90 Å². The first kappa shape index (κ1) is 12.9. The van der Waals surface area contributed by atoms with Crippen LogP contribution in [0.2, 0.25) is 0 Å². The average molecular weight is 272 g/mol. The molecule has 3 rings (SSSR count). The minimum Gasteiger partial charge on any atom is -0.478 e. The summed E-state index contributed by atoms with van der Waals surface area (Å²) < 4.78 is 5.39. The van der Waals surface area contributed by atoms with Crippen LogP contribution in [0.5, 0.6) is 0 Å². The Morgan fingerprint density at radius 2 is 2.25 bits per heavy atom. The molecule has 1 aromatic heterocycles. The fourth-order valence-electron chi connectivity index (χ4n) is 2.54. The number of carboxylic acids is 1. The molecule has 1 aliphatic rings. The number of rotatable bonds is 3. The van der Waals surface area contributed by atoms with Crippen LogP contribution in [0.25, 0.3) is 10.9 Å². The molecule has 0 aliphatic carbocycles. The number of aromatic nitrogens is 1. The van der Waals surface area contributed by atoms with Crippen LogP contribution in [0.15, 0.2) is 30.3 Å². The Bertz CT molecular complexity index is 651. The highest BCUT2D eigenvalue weighted by Crippen LogP contribution is 2.23. The predicted molar refractivity (Wildman–Crippen MR) is 76.3 cm³/mol. The van der Waals surface area contributed by atoms with Gasteiger partial charge in [0.1, 0.15) is 5.82 Å². The summed E-state index contributed by atoms with van der Waals surface area (Å²) in [6, 6.07) is 9.19. The number of aromatic carboxylic acids is 1. The lowest BCUT2D eigenvalue weighted by atomic mass is 10.1. The van der Waals surface area contributed by atoms with E-state index in [1.54, 1.807) is 12.1 Å². The van der Waals surface area contributed by atoms with E-state index in [2.05, 4.69) is 9.88 Å². The Morgan fingerprint density at radius 1 is 1.40 bits per heavy atom. The standard InChI is InChI=1S/C15H16N2O3/c1-17(10-7-8-20-9-10)14-6-5-11-12(15(18)19)3-2-4-13(11)16-14/h2-6,10H,7-9H2,1H3,(H,18,19). The molecular formula is C15H16N2O3. The van der Waals surface area contributed by atoms with Crippen molar-refractivity contribution in [1.29, 1.82) is 0 Å². The maximum absolute atomic E-state index is 11.2. The Labute approximate surface area is 116 Å². The number of fused-ring (bicyclic) bond motifs is 1. The third kappa shape index (κ3) is 2.20. The number of hydrogen-bond donors (Lipinski definition) is 1. The summed E-state index contributed by atoms with van der Waals surface area (Å²) in [6.45, 7) is 1.50. The Morgan fingerprint density at radius 3 is 2.95 bits per heavy atom. The van der Waals surface area contributed by atoms with E-state index in [9.17, 15) is 9.90 Å². The van der Waals surface area contributed by atoms with Crippen molar-refractivity contribution in [1.82, 2.24) is 4.98 Å². The zero-order valence-corrected chi connectivity index (χ0v) is 11.2. The second-order valence-corrected chi connectivity index (χ2v) is 4.98. The molecule has 0 radical (unpaired) electrons. The van der Waals surface area contributed by atoms with Crippen molar-refractivity contribution < 1.29 is 14.6 Å². The lowest BCUT2D eigenvalue weighted by molar-refractivity contribution is 0.0699. The number of nitrogens with zero attached hydrogens (tertiary/aromatic N) is 2. The maximum atomic E-state index is 11.2. The third-order valence-corrected chi connectivity index (χ3v) is 3.76. The lowest BCUT2D eigenvalue weighted by Gasteiger charge is -2.24. The summed E-state index contributed by atoms with van der Waals surface area (Å²) in [7, 11) is 1.99. The summed E-state index contributed by atoms with van der Waals surface area (Å²) in [6.07, 6.45) is 0.991. The van der Waals surface area contributed by atoms with E-state index < -0.39 is 5.97 Å². The summed E-state index contributed by atoms with van der Waals surface area (Å²) in [4.78, 5) is 17.9. The average Bonchev–Trinajstić information content (AvgIpc) is 2.99. The molecule has 2 aromatic rings. The van der Waals surface area contributed by atoms with Crippen molar-refractivity contribution in [2.75, 3.05) is 25.2 Å². The molecule has 1 N–H and O–H groups in total. The van der Waals surface area contributed by atoms with Gasteiger partial charge in [-0.2, -0.15) is 0 Å². The third-order valence-electron chi connectivity index (χ3n) is 3.76. The Kier molecular flexibility index (Phi) is 3.28. The van der Waals surface area contributed by atoms with Gasteiger partial charge < -0.3 is 14.7 Å². The van der Waals surface area contributed by atoms with Crippen LogP contribution in [-0.2, 0) is 4.74 Å². The van der Waals surface area contributed by atoms with E-state index in [1.807, 2.05) is 25.2 Å². The Balaban J connectivity index is 2.00. The molecule has 0 saturated carbocycles. The molecular weight excluding hydrogens is 256 g/mol. The molecule has 2 heterocycles. The molecule has 1 aromatic carbocycles. The lowest BCUT2D eigenvalue weighted by Crippen LogP contribution is -2.32. The van der Waals surface area contributed by atoms with Crippen LogP contribution in [0.1, 0.15) is 16.8 Å². The van der Waals surface area contributed by atoms with Gasteiger partial charge in [-0.3, -0.25) is 0 Å². The number of carbonyl (C=O) groups is 1. The largest absolute Gasteiger partial charge is 0.478 e. The second-order valence-electron chi connectivity index (χ2n) is 4.98. The number of ether oxygens (including phenoxy) is 1. The molecule has 0 bridgehead atoms. The molecule has 1 fully saturated rings. The summed E-state index contributed by atoms with van der Waals surface area (Å²) in [5, 5.41) is 9.85. The maximum Gasteiger partial charge on any atom is 0.336 e. The van der Waals surface area contributed by atoms with Gasteiger partial charge in [-0.15, -0.1) is 0 Å². The van der Waals surface area contributed by atoms with Gasteiger partial charge in [0, 0.05) is 19.0 Å². The van der Waals surface area contributed by atoms with E-state index in [0.29, 0.717) is 23.6 Å². The van der Waals surface area contributed by atoms with Gasteiger partial charge in [-0.25, -0.2) is 9.78 Å². The zero-order chi connectivity index (χ0) is 14.1. The minimum atomic E-state index is -0.928. The van der Waals surface area contributed by atoms with Crippen LogP contribution in [0.4, 0.5) is 5.82 Å². The molecule has 1 saturated heterocycles. The molecule has 1 atom stereocenters. The fourth-order valence-corrected chi connectivity index (χ4v) is 2.54. The van der Waals surface area contributed by atoms with E-state index in [0.717, 1.165) is 18.8 Å². The smallest absolute Gasteiger partial charge is 0.336 e. The first-order valence-electron chi connectivity index (χ1n) is 6.60. The van der Waals surface area contributed by atoms with Gasteiger partial charge >= 0.3 is 5.97 Å². The van der Waals surface area contributed by atoms with Gasteiger partial charge in [0.2, 0.25) is 0 Å². The highest BCUT2D eigenvalue weighted by atomic mass is 16.5. The molecule has 104 valence electrons.